The molecule has 1 atom stereocenters. The van der Waals surface area contributed by atoms with Gasteiger partial charge in [0.1, 0.15) is 0 Å². The molecule has 94 valence electrons. The largest absolute Gasteiger partial charge is 0.378 e. The van der Waals surface area contributed by atoms with Gasteiger partial charge in [-0.1, -0.05) is 41.4 Å². The second-order valence-electron chi connectivity index (χ2n) is 4.41. The minimum absolute atomic E-state index is 0.252. The molecule has 0 aliphatic heterocycles. The predicted molar refractivity (Wildman–Crippen MR) is 82.4 cm³/mol. The maximum Gasteiger partial charge on any atom is 0.0568 e. The minimum Gasteiger partial charge on any atom is -0.378 e. The van der Waals surface area contributed by atoms with Gasteiger partial charge in [0, 0.05) is 16.2 Å². The molecule has 0 aliphatic rings. The first-order chi connectivity index (χ1) is 8.56. The Balaban J connectivity index is 2.16. The number of rotatable bonds is 3. The fraction of sp³-hybridized carbons (Fsp3) is 0.200. The first kappa shape index (κ1) is 13.4. The van der Waals surface area contributed by atoms with E-state index in [-0.39, 0.29) is 6.04 Å². The Morgan fingerprint density at radius 3 is 2.61 bits per heavy atom. The Labute approximate surface area is 121 Å². The molecule has 3 heteroatoms. The summed E-state index contributed by atoms with van der Waals surface area (Å²) in [4.78, 5) is 0. The summed E-state index contributed by atoms with van der Waals surface area (Å²) in [5.74, 6) is 0. The van der Waals surface area contributed by atoms with Crippen molar-refractivity contribution >= 4 is 33.2 Å². The first-order valence-electron chi connectivity index (χ1n) is 5.84. The summed E-state index contributed by atoms with van der Waals surface area (Å²) in [6, 6.07) is 14.7. The summed E-state index contributed by atoms with van der Waals surface area (Å²) in [5.41, 5.74) is 3.57. The lowest BCUT2D eigenvalue weighted by Crippen LogP contribution is -2.06. The summed E-state index contributed by atoms with van der Waals surface area (Å²) < 4.78 is 0.915. The molecule has 0 radical (unpaired) electrons. The summed E-state index contributed by atoms with van der Waals surface area (Å²) in [5, 5.41) is 4.17. The van der Waals surface area contributed by atoms with Crippen molar-refractivity contribution in [2.45, 2.75) is 19.9 Å². The molecule has 1 nitrogen and oxygen atoms in total. The first-order valence-corrected chi connectivity index (χ1v) is 7.01. The van der Waals surface area contributed by atoms with Crippen LogP contribution in [-0.2, 0) is 0 Å². The molecule has 2 rings (SSSR count). The lowest BCUT2D eigenvalue weighted by atomic mass is 10.1. The molecular weight excluding hydrogens is 310 g/mol. The molecule has 18 heavy (non-hydrogen) atoms. The molecule has 0 aliphatic carbocycles. The summed E-state index contributed by atoms with van der Waals surface area (Å²) in [6.07, 6.45) is 0. The monoisotopic (exact) mass is 323 g/mol. The third kappa shape index (κ3) is 3.27. The fourth-order valence-corrected chi connectivity index (χ4v) is 2.29. The zero-order valence-electron chi connectivity index (χ0n) is 10.4. The van der Waals surface area contributed by atoms with Gasteiger partial charge in [0.15, 0.2) is 0 Å². The fourth-order valence-electron chi connectivity index (χ4n) is 1.86. The van der Waals surface area contributed by atoms with Crippen LogP contribution in [0.1, 0.15) is 24.1 Å². The van der Waals surface area contributed by atoms with Gasteiger partial charge in [0.25, 0.3) is 0 Å². The van der Waals surface area contributed by atoms with Crippen molar-refractivity contribution in [1.29, 1.82) is 0 Å². The van der Waals surface area contributed by atoms with Crippen LogP contribution in [0.2, 0.25) is 5.02 Å². The van der Waals surface area contributed by atoms with Crippen molar-refractivity contribution in [2.75, 3.05) is 5.32 Å². The smallest absolute Gasteiger partial charge is 0.0568 e. The van der Waals surface area contributed by atoms with Crippen LogP contribution < -0.4 is 5.32 Å². The van der Waals surface area contributed by atoms with Crippen molar-refractivity contribution in [2.24, 2.45) is 0 Å². The molecule has 0 bridgehead atoms. The third-order valence-corrected chi connectivity index (χ3v) is 4.08. The summed E-state index contributed by atoms with van der Waals surface area (Å²) in [6.45, 7) is 4.25. The number of hydrogen-bond donors (Lipinski definition) is 1. The number of hydrogen-bond acceptors (Lipinski definition) is 1. The number of benzene rings is 2. The van der Waals surface area contributed by atoms with Crippen molar-refractivity contribution in [3.8, 4) is 0 Å². The second kappa shape index (κ2) is 5.77. The van der Waals surface area contributed by atoms with Gasteiger partial charge in [-0.3, -0.25) is 0 Å². The van der Waals surface area contributed by atoms with Gasteiger partial charge in [0.2, 0.25) is 0 Å². The second-order valence-corrected chi connectivity index (χ2v) is 5.67. The van der Waals surface area contributed by atoms with Gasteiger partial charge in [-0.2, -0.15) is 0 Å². The zero-order valence-corrected chi connectivity index (χ0v) is 12.7. The lowest BCUT2D eigenvalue weighted by Gasteiger charge is -2.16. The molecule has 1 N–H and O–H groups in total. The van der Waals surface area contributed by atoms with Gasteiger partial charge in [0.05, 0.1) is 5.02 Å². The van der Waals surface area contributed by atoms with Crippen LogP contribution in [0.3, 0.4) is 0 Å². The maximum atomic E-state index is 6.08. The van der Waals surface area contributed by atoms with Crippen LogP contribution >= 0.6 is 27.5 Å². The van der Waals surface area contributed by atoms with Crippen LogP contribution in [0.15, 0.2) is 46.9 Å². The lowest BCUT2D eigenvalue weighted by molar-refractivity contribution is 0.883. The highest BCUT2D eigenvalue weighted by Crippen LogP contribution is 2.27. The highest BCUT2D eigenvalue weighted by Gasteiger charge is 2.06. The number of nitrogens with one attached hydrogen (secondary N) is 1. The van der Waals surface area contributed by atoms with Gasteiger partial charge in [-0.05, 0) is 53.5 Å². The Morgan fingerprint density at radius 1 is 1.17 bits per heavy atom. The van der Waals surface area contributed by atoms with E-state index in [9.17, 15) is 0 Å². The molecule has 2 aromatic rings. The van der Waals surface area contributed by atoms with E-state index in [0.717, 1.165) is 15.2 Å². The molecule has 0 fully saturated rings. The van der Waals surface area contributed by atoms with Crippen LogP contribution in [-0.4, -0.2) is 0 Å². The van der Waals surface area contributed by atoms with E-state index in [4.69, 9.17) is 11.6 Å². The molecule has 0 saturated carbocycles. The molecular formula is C15H15BrClN. The Kier molecular flexibility index (Phi) is 4.31. The van der Waals surface area contributed by atoms with Crippen molar-refractivity contribution < 1.29 is 0 Å². The van der Waals surface area contributed by atoms with E-state index < -0.39 is 0 Å². The molecule has 0 aromatic heterocycles. The van der Waals surface area contributed by atoms with Crippen molar-refractivity contribution in [1.82, 2.24) is 0 Å². The molecule has 2 aromatic carbocycles. The van der Waals surface area contributed by atoms with Crippen LogP contribution in [0.4, 0.5) is 5.69 Å². The zero-order chi connectivity index (χ0) is 13.1. The van der Waals surface area contributed by atoms with E-state index in [0.29, 0.717) is 0 Å². The third-order valence-electron chi connectivity index (χ3n) is 2.84. The standard InChI is InChI=1S/C15H15BrClN/c1-10-4-3-5-12(8-10)11(2)18-13-6-7-14(16)15(17)9-13/h3-9,11,18H,1-2H3. The maximum absolute atomic E-state index is 6.08. The quantitative estimate of drug-likeness (QED) is 0.776. The van der Waals surface area contributed by atoms with Gasteiger partial charge >= 0.3 is 0 Å². The number of anilines is 1. The summed E-state index contributed by atoms with van der Waals surface area (Å²) >= 11 is 9.47. The highest BCUT2D eigenvalue weighted by molar-refractivity contribution is 9.10. The molecule has 0 saturated heterocycles. The highest BCUT2D eigenvalue weighted by atomic mass is 79.9. The average molecular weight is 325 g/mol. The van der Waals surface area contributed by atoms with Gasteiger partial charge < -0.3 is 5.32 Å². The van der Waals surface area contributed by atoms with E-state index >= 15 is 0 Å². The Hall–Kier alpha value is -0.990. The van der Waals surface area contributed by atoms with Crippen LogP contribution in [0.25, 0.3) is 0 Å². The molecule has 0 spiro atoms. The summed E-state index contributed by atoms with van der Waals surface area (Å²) in [7, 11) is 0. The topological polar surface area (TPSA) is 12.0 Å². The molecule has 0 amide bonds. The Morgan fingerprint density at radius 2 is 1.94 bits per heavy atom. The number of aryl methyl sites for hydroxylation is 1. The SMILES string of the molecule is Cc1cccc(C(C)Nc2ccc(Br)c(Cl)c2)c1. The van der Waals surface area contributed by atoms with E-state index in [1.807, 2.05) is 18.2 Å². The van der Waals surface area contributed by atoms with E-state index in [1.165, 1.54) is 11.1 Å². The van der Waals surface area contributed by atoms with E-state index in [2.05, 4.69) is 59.4 Å². The van der Waals surface area contributed by atoms with Crippen LogP contribution in [0.5, 0.6) is 0 Å². The Bertz CT molecular complexity index is 554. The van der Waals surface area contributed by atoms with E-state index in [1.54, 1.807) is 0 Å². The molecule has 0 heterocycles. The minimum atomic E-state index is 0.252. The molecule has 1 unspecified atom stereocenters. The van der Waals surface area contributed by atoms with Crippen LogP contribution in [0, 0.1) is 6.92 Å². The van der Waals surface area contributed by atoms with Gasteiger partial charge in [-0.25, -0.2) is 0 Å². The average Bonchev–Trinajstić information content (AvgIpc) is 2.34. The normalized spacial score (nSPS) is 12.2. The number of halogens is 2. The predicted octanol–water partition coefficient (Wildman–Crippen LogP) is 5.58. The van der Waals surface area contributed by atoms with Crippen molar-refractivity contribution in [3.05, 3.63) is 63.1 Å². The van der Waals surface area contributed by atoms with Gasteiger partial charge in [-0.15, -0.1) is 0 Å². The van der Waals surface area contributed by atoms with Crippen molar-refractivity contribution in [3.63, 3.8) is 0 Å².